The molecule has 1 aromatic rings. The van der Waals surface area contributed by atoms with Crippen LogP contribution in [0.25, 0.3) is 0 Å². The number of aromatic nitrogens is 2. The van der Waals surface area contributed by atoms with E-state index in [0.29, 0.717) is 12.8 Å². The van der Waals surface area contributed by atoms with Gasteiger partial charge in [-0.15, -0.1) is 0 Å². The van der Waals surface area contributed by atoms with Crippen molar-refractivity contribution in [1.82, 2.24) is 9.78 Å². The van der Waals surface area contributed by atoms with E-state index < -0.39 is 0 Å². The molecule has 0 spiro atoms. The van der Waals surface area contributed by atoms with Crippen molar-refractivity contribution < 1.29 is 4.79 Å². The summed E-state index contributed by atoms with van der Waals surface area (Å²) in [7, 11) is 0. The third-order valence-electron chi connectivity index (χ3n) is 2.46. The third kappa shape index (κ3) is 4.57. The van der Waals surface area contributed by atoms with Gasteiger partial charge in [0.2, 0.25) is 0 Å². The Bertz CT molecular complexity index is 349. The van der Waals surface area contributed by atoms with Crippen LogP contribution in [0.15, 0.2) is 12.4 Å². The first-order chi connectivity index (χ1) is 7.40. The lowest BCUT2D eigenvalue weighted by Crippen LogP contribution is -2.32. The molecule has 0 amide bonds. The molecular formula is C12H21N3O. The first-order valence-corrected chi connectivity index (χ1v) is 5.72. The normalized spacial score (nSPS) is 11.8. The van der Waals surface area contributed by atoms with Crippen LogP contribution in [-0.2, 0) is 17.8 Å². The Labute approximate surface area is 96.8 Å². The number of nitrogens with zero attached hydrogens (tertiary/aromatic N) is 2. The van der Waals surface area contributed by atoms with Gasteiger partial charge in [-0.2, -0.15) is 5.10 Å². The van der Waals surface area contributed by atoms with E-state index in [0.717, 1.165) is 18.5 Å². The topological polar surface area (TPSA) is 60.9 Å². The molecule has 1 aromatic heterocycles. The predicted octanol–water partition coefficient (Wildman–Crippen LogP) is 1.53. The smallest absolute Gasteiger partial charge is 0.137 e. The van der Waals surface area contributed by atoms with Gasteiger partial charge in [0.15, 0.2) is 0 Å². The van der Waals surface area contributed by atoms with Gasteiger partial charge in [-0.1, -0.05) is 0 Å². The first-order valence-electron chi connectivity index (χ1n) is 5.72. The number of hydrogen-bond acceptors (Lipinski definition) is 3. The highest BCUT2D eigenvalue weighted by molar-refractivity contribution is 5.80. The summed E-state index contributed by atoms with van der Waals surface area (Å²) in [6.45, 7) is 6.74. The minimum Gasteiger partial charge on any atom is -0.326 e. The van der Waals surface area contributed by atoms with E-state index in [9.17, 15) is 4.79 Å². The minimum atomic E-state index is -0.261. The number of aryl methyl sites for hydroxylation is 1. The van der Waals surface area contributed by atoms with Gasteiger partial charge < -0.3 is 5.73 Å². The molecule has 0 atom stereocenters. The first kappa shape index (κ1) is 12.9. The van der Waals surface area contributed by atoms with Crippen molar-refractivity contribution in [3.8, 4) is 0 Å². The molecule has 0 bridgehead atoms. The monoisotopic (exact) mass is 223 g/mol. The number of ketones is 1. The summed E-state index contributed by atoms with van der Waals surface area (Å²) in [5, 5.41) is 4.14. The Hall–Kier alpha value is -1.16. The van der Waals surface area contributed by atoms with Crippen LogP contribution in [0.1, 0.15) is 39.2 Å². The summed E-state index contributed by atoms with van der Waals surface area (Å²) in [5.74, 6) is 0.231. The van der Waals surface area contributed by atoms with E-state index in [1.807, 2.05) is 31.6 Å². The van der Waals surface area contributed by atoms with Gasteiger partial charge in [0.25, 0.3) is 0 Å². The Kier molecular flexibility index (Phi) is 4.24. The Balaban J connectivity index is 2.40. The van der Waals surface area contributed by atoms with Crippen LogP contribution < -0.4 is 5.73 Å². The zero-order chi connectivity index (χ0) is 12.2. The molecule has 4 nitrogen and oxygen atoms in total. The second kappa shape index (κ2) is 5.25. The van der Waals surface area contributed by atoms with E-state index in [1.54, 1.807) is 6.20 Å². The van der Waals surface area contributed by atoms with Crippen molar-refractivity contribution in [2.45, 2.75) is 52.1 Å². The zero-order valence-electron chi connectivity index (χ0n) is 10.4. The predicted molar refractivity (Wildman–Crippen MR) is 64.1 cm³/mol. The summed E-state index contributed by atoms with van der Waals surface area (Å²) in [5.41, 5.74) is 6.56. The highest BCUT2D eigenvalue weighted by atomic mass is 16.1. The van der Waals surface area contributed by atoms with Gasteiger partial charge >= 0.3 is 0 Å². The average Bonchev–Trinajstić information content (AvgIpc) is 2.61. The van der Waals surface area contributed by atoms with Gasteiger partial charge in [-0.05, 0) is 32.8 Å². The quantitative estimate of drug-likeness (QED) is 0.795. The number of carbonyl (C=O) groups is 1. The molecule has 0 aliphatic heterocycles. The molecule has 0 aromatic carbocycles. The number of rotatable bonds is 6. The summed E-state index contributed by atoms with van der Waals surface area (Å²) in [6, 6.07) is 0. The van der Waals surface area contributed by atoms with E-state index in [-0.39, 0.29) is 11.3 Å². The molecule has 16 heavy (non-hydrogen) atoms. The summed E-state index contributed by atoms with van der Waals surface area (Å²) in [4.78, 5) is 11.7. The second-order valence-electron chi connectivity index (χ2n) is 4.91. The van der Waals surface area contributed by atoms with Crippen LogP contribution in [0, 0.1) is 0 Å². The minimum absolute atomic E-state index is 0.231. The molecule has 0 saturated heterocycles. The Morgan fingerprint density at radius 3 is 2.75 bits per heavy atom. The number of Topliss-reactive ketones (excluding diaryl/α,β-unsaturated/α-hetero) is 1. The molecule has 0 radical (unpaired) electrons. The molecule has 0 fully saturated rings. The van der Waals surface area contributed by atoms with Crippen LogP contribution in [0.4, 0.5) is 0 Å². The fourth-order valence-corrected chi connectivity index (χ4v) is 1.45. The summed E-state index contributed by atoms with van der Waals surface area (Å²) in [6.07, 6.45) is 5.42. The highest BCUT2D eigenvalue weighted by Crippen LogP contribution is 2.09. The van der Waals surface area contributed by atoms with Crippen LogP contribution >= 0.6 is 0 Å². The molecule has 0 aliphatic rings. The molecule has 90 valence electrons. The maximum atomic E-state index is 11.7. The molecule has 0 unspecified atom stereocenters. The van der Waals surface area contributed by atoms with Crippen molar-refractivity contribution >= 4 is 5.78 Å². The van der Waals surface area contributed by atoms with Crippen molar-refractivity contribution in [1.29, 1.82) is 0 Å². The fourth-order valence-electron chi connectivity index (χ4n) is 1.45. The third-order valence-corrected chi connectivity index (χ3v) is 2.46. The average molecular weight is 223 g/mol. The van der Waals surface area contributed by atoms with Crippen molar-refractivity contribution in [2.24, 2.45) is 5.73 Å². The number of carbonyl (C=O) groups excluding carboxylic acids is 1. The molecule has 0 aliphatic carbocycles. The lowest BCUT2D eigenvalue weighted by Gasteiger charge is -2.17. The molecule has 4 heteroatoms. The van der Waals surface area contributed by atoms with Crippen LogP contribution in [-0.4, -0.2) is 21.1 Å². The lowest BCUT2D eigenvalue weighted by molar-refractivity contribution is -0.118. The highest BCUT2D eigenvalue weighted by Gasteiger charge is 2.13. The van der Waals surface area contributed by atoms with Crippen molar-refractivity contribution in [2.75, 3.05) is 0 Å². The number of hydrogen-bond donors (Lipinski definition) is 1. The maximum absolute atomic E-state index is 11.7. The molecule has 2 N–H and O–H groups in total. The number of nitrogens with two attached hydrogens (primary N) is 1. The van der Waals surface area contributed by atoms with Crippen molar-refractivity contribution in [3.05, 3.63) is 18.0 Å². The van der Waals surface area contributed by atoms with Gasteiger partial charge in [0.1, 0.15) is 5.78 Å². The van der Waals surface area contributed by atoms with E-state index >= 15 is 0 Å². The molecule has 1 heterocycles. The maximum Gasteiger partial charge on any atom is 0.137 e. The van der Waals surface area contributed by atoms with Crippen LogP contribution in [0.5, 0.6) is 0 Å². The fraction of sp³-hybridized carbons (Fsp3) is 0.667. The largest absolute Gasteiger partial charge is 0.326 e. The van der Waals surface area contributed by atoms with E-state index in [4.69, 9.17) is 5.73 Å². The van der Waals surface area contributed by atoms with E-state index in [2.05, 4.69) is 5.10 Å². The lowest BCUT2D eigenvalue weighted by atomic mass is 9.97. The molecule has 0 saturated carbocycles. The second-order valence-corrected chi connectivity index (χ2v) is 4.91. The standard InChI is InChI=1S/C12H21N3O/c1-4-15-9-10(8-14-15)7-11(16)5-6-12(2,3)13/h8-9H,4-7,13H2,1-3H3. The Morgan fingerprint density at radius 2 is 2.25 bits per heavy atom. The SMILES string of the molecule is CCn1cc(CC(=O)CCC(C)(C)N)cn1. The van der Waals surface area contributed by atoms with Crippen LogP contribution in [0.2, 0.25) is 0 Å². The van der Waals surface area contributed by atoms with Gasteiger partial charge in [-0.3, -0.25) is 9.48 Å². The summed E-state index contributed by atoms with van der Waals surface area (Å²) < 4.78 is 1.83. The Morgan fingerprint density at radius 1 is 1.56 bits per heavy atom. The summed E-state index contributed by atoms with van der Waals surface area (Å²) >= 11 is 0. The van der Waals surface area contributed by atoms with Crippen LogP contribution in [0.3, 0.4) is 0 Å². The van der Waals surface area contributed by atoms with E-state index in [1.165, 1.54) is 0 Å². The molecule has 1 rings (SSSR count). The van der Waals surface area contributed by atoms with Gasteiger partial charge in [-0.25, -0.2) is 0 Å². The zero-order valence-corrected chi connectivity index (χ0v) is 10.4. The van der Waals surface area contributed by atoms with Gasteiger partial charge in [0, 0.05) is 31.1 Å². The van der Waals surface area contributed by atoms with Crippen molar-refractivity contribution in [3.63, 3.8) is 0 Å². The molecular weight excluding hydrogens is 202 g/mol. The van der Waals surface area contributed by atoms with Gasteiger partial charge in [0.05, 0.1) is 6.20 Å².